The minimum absolute atomic E-state index is 0.690. The zero-order valence-electron chi connectivity index (χ0n) is 9.23. The van der Waals surface area contributed by atoms with E-state index in [0.717, 1.165) is 15.4 Å². The number of nitrogens with zero attached hydrogens (tertiary/aromatic N) is 2. The largest absolute Gasteiger partial charge is 0.497 e. The summed E-state index contributed by atoms with van der Waals surface area (Å²) in [7, 11) is 3.22. The Hall–Kier alpha value is -1.34. The summed E-state index contributed by atoms with van der Waals surface area (Å²) in [6.07, 6.45) is 0. The molecule has 2 rings (SSSR count). The molecule has 0 bridgehead atoms. The number of halogens is 1. The Bertz CT molecular complexity index is 518. The lowest BCUT2D eigenvalue weighted by atomic mass is 10.3. The number of nitrogens with one attached hydrogen (secondary N) is 1. The van der Waals surface area contributed by atoms with E-state index in [9.17, 15) is 0 Å². The van der Waals surface area contributed by atoms with Crippen LogP contribution in [0, 0.1) is 0 Å². The fraction of sp³-hybridized carbons (Fsp3) is 0.200. The van der Waals surface area contributed by atoms with Crippen molar-refractivity contribution in [3.05, 3.63) is 22.1 Å². The van der Waals surface area contributed by atoms with Crippen LogP contribution in [0.15, 0.2) is 22.1 Å². The summed E-state index contributed by atoms with van der Waals surface area (Å²) in [4.78, 5) is 0. The summed E-state index contributed by atoms with van der Waals surface area (Å²) in [6, 6.07) is 5.52. The second kappa shape index (κ2) is 5.33. The predicted octanol–water partition coefficient (Wildman–Crippen LogP) is 3.06. The normalized spacial score (nSPS) is 10.1. The van der Waals surface area contributed by atoms with Crippen LogP contribution in [-0.4, -0.2) is 24.4 Å². The van der Waals surface area contributed by atoms with Crippen LogP contribution in [0.25, 0.3) is 0 Å². The van der Waals surface area contributed by atoms with E-state index in [1.54, 1.807) is 20.3 Å². The molecular weight excluding hydrogens is 306 g/mol. The quantitative estimate of drug-likeness (QED) is 0.939. The molecule has 1 aromatic heterocycles. The van der Waals surface area contributed by atoms with Crippen LogP contribution in [-0.2, 0) is 0 Å². The zero-order valence-corrected chi connectivity index (χ0v) is 11.6. The number of rotatable bonds is 4. The molecule has 0 aliphatic rings. The number of methoxy groups -OCH3 is 2. The third kappa shape index (κ3) is 2.86. The van der Waals surface area contributed by atoms with Gasteiger partial charge < -0.3 is 14.8 Å². The van der Waals surface area contributed by atoms with Crippen LogP contribution in [0.4, 0.5) is 10.8 Å². The molecule has 1 N–H and O–H groups in total. The second-order valence-corrected chi connectivity index (χ2v) is 5.30. The van der Waals surface area contributed by atoms with Gasteiger partial charge in [-0.15, -0.1) is 10.2 Å². The van der Waals surface area contributed by atoms with E-state index in [1.807, 2.05) is 12.1 Å². The molecule has 0 saturated carbocycles. The lowest BCUT2D eigenvalue weighted by molar-refractivity contribution is 0.395. The van der Waals surface area contributed by atoms with E-state index in [1.165, 1.54) is 11.3 Å². The fourth-order valence-corrected chi connectivity index (χ4v) is 2.30. The van der Waals surface area contributed by atoms with Crippen molar-refractivity contribution in [1.82, 2.24) is 10.2 Å². The van der Waals surface area contributed by atoms with Gasteiger partial charge in [0.15, 0.2) is 3.92 Å². The molecule has 0 atom stereocenters. The summed E-state index contributed by atoms with van der Waals surface area (Å²) in [5.74, 6) is 1.43. The molecule has 0 amide bonds. The molecule has 1 aromatic carbocycles. The van der Waals surface area contributed by atoms with E-state index in [0.29, 0.717) is 10.9 Å². The van der Waals surface area contributed by atoms with Crippen LogP contribution >= 0.6 is 27.3 Å². The molecule has 0 spiro atoms. The molecule has 0 aliphatic carbocycles. The molecule has 0 unspecified atom stereocenters. The standard InChI is InChI=1S/C10H10BrN3O2S/c1-15-6-3-4-7(8(5-6)16-2)12-10-14-13-9(11)17-10/h3-5H,1-2H3,(H,12,14). The molecule has 5 nitrogen and oxygen atoms in total. The molecule has 0 saturated heterocycles. The SMILES string of the molecule is COc1ccc(Nc2nnc(Br)s2)c(OC)c1. The number of benzene rings is 1. The van der Waals surface area contributed by atoms with Crippen molar-refractivity contribution in [2.24, 2.45) is 0 Å². The van der Waals surface area contributed by atoms with Crippen molar-refractivity contribution >= 4 is 38.1 Å². The third-order valence-electron chi connectivity index (χ3n) is 2.05. The molecule has 0 aliphatic heterocycles. The third-order valence-corrected chi connectivity index (χ3v) is 3.32. The zero-order chi connectivity index (χ0) is 12.3. The summed E-state index contributed by atoms with van der Waals surface area (Å²) in [6.45, 7) is 0. The Morgan fingerprint density at radius 2 is 2.06 bits per heavy atom. The van der Waals surface area contributed by atoms with Crippen molar-refractivity contribution in [3.8, 4) is 11.5 Å². The maximum absolute atomic E-state index is 5.27. The average molecular weight is 316 g/mol. The maximum Gasteiger partial charge on any atom is 0.211 e. The van der Waals surface area contributed by atoms with Crippen molar-refractivity contribution < 1.29 is 9.47 Å². The summed E-state index contributed by atoms with van der Waals surface area (Å²) >= 11 is 4.67. The van der Waals surface area contributed by atoms with Crippen LogP contribution in [0.5, 0.6) is 11.5 Å². The van der Waals surface area contributed by atoms with E-state index >= 15 is 0 Å². The van der Waals surface area contributed by atoms with Gasteiger partial charge in [0.25, 0.3) is 0 Å². The van der Waals surface area contributed by atoms with Gasteiger partial charge in [0.1, 0.15) is 11.5 Å². The van der Waals surface area contributed by atoms with Crippen molar-refractivity contribution in [2.75, 3.05) is 19.5 Å². The van der Waals surface area contributed by atoms with Gasteiger partial charge in [0.05, 0.1) is 19.9 Å². The Morgan fingerprint density at radius 1 is 1.24 bits per heavy atom. The Balaban J connectivity index is 2.26. The van der Waals surface area contributed by atoms with Gasteiger partial charge in [-0.05, 0) is 28.1 Å². The lowest BCUT2D eigenvalue weighted by Crippen LogP contribution is -1.95. The van der Waals surface area contributed by atoms with E-state index in [2.05, 4.69) is 31.4 Å². The highest BCUT2D eigenvalue weighted by Crippen LogP contribution is 2.32. The van der Waals surface area contributed by atoms with E-state index < -0.39 is 0 Å². The Labute approximate surface area is 111 Å². The number of hydrogen-bond acceptors (Lipinski definition) is 6. The minimum Gasteiger partial charge on any atom is -0.497 e. The van der Waals surface area contributed by atoms with Gasteiger partial charge in [-0.25, -0.2) is 0 Å². The highest BCUT2D eigenvalue weighted by molar-refractivity contribution is 9.11. The molecule has 2 aromatic rings. The maximum atomic E-state index is 5.27. The number of anilines is 2. The van der Waals surface area contributed by atoms with Gasteiger partial charge >= 0.3 is 0 Å². The van der Waals surface area contributed by atoms with Crippen LogP contribution in [0.1, 0.15) is 0 Å². The van der Waals surface area contributed by atoms with Crippen LogP contribution in [0.3, 0.4) is 0 Å². The van der Waals surface area contributed by atoms with Gasteiger partial charge in [0, 0.05) is 6.07 Å². The smallest absolute Gasteiger partial charge is 0.211 e. The first-order valence-corrected chi connectivity index (χ1v) is 6.32. The highest BCUT2D eigenvalue weighted by Gasteiger charge is 2.07. The van der Waals surface area contributed by atoms with Crippen LogP contribution in [0.2, 0.25) is 0 Å². The first kappa shape index (κ1) is 12.1. The van der Waals surface area contributed by atoms with Gasteiger partial charge in [-0.2, -0.15) is 0 Å². The molecule has 0 fully saturated rings. The van der Waals surface area contributed by atoms with E-state index in [4.69, 9.17) is 9.47 Å². The Morgan fingerprint density at radius 3 is 2.65 bits per heavy atom. The second-order valence-electron chi connectivity index (χ2n) is 3.05. The predicted molar refractivity (Wildman–Crippen MR) is 70.4 cm³/mol. The minimum atomic E-state index is 0.690. The summed E-state index contributed by atoms with van der Waals surface area (Å²) in [5, 5.41) is 11.6. The summed E-state index contributed by atoms with van der Waals surface area (Å²) in [5.41, 5.74) is 0.817. The first-order valence-electron chi connectivity index (χ1n) is 4.71. The number of aromatic nitrogens is 2. The Kier molecular flexibility index (Phi) is 3.80. The first-order chi connectivity index (χ1) is 8.22. The molecule has 17 heavy (non-hydrogen) atoms. The lowest BCUT2D eigenvalue weighted by Gasteiger charge is -2.10. The number of hydrogen-bond donors (Lipinski definition) is 1. The number of ether oxygens (including phenoxy) is 2. The average Bonchev–Trinajstić information content (AvgIpc) is 2.75. The van der Waals surface area contributed by atoms with Crippen LogP contribution < -0.4 is 14.8 Å². The van der Waals surface area contributed by atoms with Crippen molar-refractivity contribution in [3.63, 3.8) is 0 Å². The van der Waals surface area contributed by atoms with E-state index in [-0.39, 0.29) is 0 Å². The topological polar surface area (TPSA) is 56.3 Å². The summed E-state index contributed by atoms with van der Waals surface area (Å²) < 4.78 is 11.1. The monoisotopic (exact) mass is 315 g/mol. The molecule has 7 heteroatoms. The highest BCUT2D eigenvalue weighted by atomic mass is 79.9. The van der Waals surface area contributed by atoms with Gasteiger partial charge in [-0.1, -0.05) is 11.3 Å². The molecule has 0 radical (unpaired) electrons. The van der Waals surface area contributed by atoms with Crippen molar-refractivity contribution in [1.29, 1.82) is 0 Å². The molecule has 1 heterocycles. The molecular formula is C10H10BrN3O2S. The fourth-order valence-electron chi connectivity index (χ4n) is 1.27. The van der Waals surface area contributed by atoms with Gasteiger partial charge in [-0.3, -0.25) is 0 Å². The van der Waals surface area contributed by atoms with Gasteiger partial charge in [0.2, 0.25) is 5.13 Å². The van der Waals surface area contributed by atoms with Crippen molar-refractivity contribution in [2.45, 2.75) is 0 Å². The molecule has 90 valence electrons.